The summed E-state index contributed by atoms with van der Waals surface area (Å²) in [5, 5.41) is 3.55. The third kappa shape index (κ3) is 3.54. The van der Waals surface area contributed by atoms with Crippen molar-refractivity contribution >= 4 is 0 Å². The van der Waals surface area contributed by atoms with Crippen molar-refractivity contribution < 1.29 is 4.39 Å². The predicted molar refractivity (Wildman–Crippen MR) is 77.6 cm³/mol. The van der Waals surface area contributed by atoms with Gasteiger partial charge in [0.1, 0.15) is 5.82 Å². The molecule has 0 bridgehead atoms. The molecule has 1 aromatic rings. The molecule has 1 heterocycles. The number of benzene rings is 1. The zero-order chi connectivity index (χ0) is 14.0. The van der Waals surface area contributed by atoms with Crippen molar-refractivity contribution in [3.8, 4) is 0 Å². The Morgan fingerprint density at radius 3 is 2.79 bits per heavy atom. The summed E-state index contributed by atoms with van der Waals surface area (Å²) in [5.41, 5.74) is 2.29. The van der Waals surface area contributed by atoms with E-state index in [1.165, 1.54) is 5.56 Å². The Bertz CT molecular complexity index is 431. The minimum absolute atomic E-state index is 0.143. The molecule has 2 atom stereocenters. The Balaban J connectivity index is 2.14. The van der Waals surface area contributed by atoms with Gasteiger partial charge in [0.2, 0.25) is 0 Å². The van der Waals surface area contributed by atoms with Crippen molar-refractivity contribution in [1.82, 2.24) is 10.2 Å². The molecule has 0 amide bonds. The van der Waals surface area contributed by atoms with Crippen molar-refractivity contribution in [3.63, 3.8) is 0 Å². The third-order valence-corrected chi connectivity index (χ3v) is 4.10. The summed E-state index contributed by atoms with van der Waals surface area (Å²) in [6.45, 7) is 11.8. The average molecular weight is 264 g/mol. The van der Waals surface area contributed by atoms with Gasteiger partial charge in [0.15, 0.2) is 0 Å². The summed E-state index contributed by atoms with van der Waals surface area (Å²) in [6, 6.07) is 6.20. The van der Waals surface area contributed by atoms with E-state index in [4.69, 9.17) is 0 Å². The molecule has 0 saturated carbocycles. The predicted octanol–water partition coefficient (Wildman–Crippen LogP) is 2.95. The summed E-state index contributed by atoms with van der Waals surface area (Å²) in [7, 11) is 0. The minimum Gasteiger partial charge on any atom is -0.311 e. The number of piperazine rings is 1. The van der Waals surface area contributed by atoms with E-state index < -0.39 is 0 Å². The highest BCUT2D eigenvalue weighted by Crippen LogP contribution is 2.20. The molecule has 0 aliphatic carbocycles. The average Bonchev–Trinajstić information content (AvgIpc) is 2.32. The Kier molecular flexibility index (Phi) is 4.58. The van der Waals surface area contributed by atoms with Crippen LogP contribution in [0.15, 0.2) is 18.2 Å². The molecule has 19 heavy (non-hydrogen) atoms. The quantitative estimate of drug-likeness (QED) is 0.903. The monoisotopic (exact) mass is 264 g/mol. The van der Waals surface area contributed by atoms with Crippen LogP contribution in [0.5, 0.6) is 0 Å². The number of rotatable bonds is 3. The first kappa shape index (κ1) is 14.5. The molecule has 1 aliphatic heterocycles. The molecule has 1 aromatic carbocycles. The first-order valence-corrected chi connectivity index (χ1v) is 7.20. The molecule has 2 nitrogen and oxygen atoms in total. The molecule has 1 fully saturated rings. The van der Waals surface area contributed by atoms with E-state index in [1.54, 1.807) is 12.1 Å². The van der Waals surface area contributed by atoms with Crippen LogP contribution in [0.25, 0.3) is 0 Å². The second kappa shape index (κ2) is 6.02. The second-order valence-corrected chi connectivity index (χ2v) is 6.12. The molecule has 2 rings (SSSR count). The fraction of sp³-hybridized carbons (Fsp3) is 0.625. The van der Waals surface area contributed by atoms with Crippen LogP contribution in [0.2, 0.25) is 0 Å². The zero-order valence-electron chi connectivity index (χ0n) is 12.4. The van der Waals surface area contributed by atoms with E-state index in [-0.39, 0.29) is 5.82 Å². The molecule has 0 spiro atoms. The maximum Gasteiger partial charge on any atom is 0.123 e. The maximum absolute atomic E-state index is 13.2. The van der Waals surface area contributed by atoms with Gasteiger partial charge in [-0.05, 0) is 43.0 Å². The highest BCUT2D eigenvalue weighted by molar-refractivity contribution is 5.26. The lowest BCUT2D eigenvalue weighted by atomic mass is 9.97. The molecule has 2 unspecified atom stereocenters. The van der Waals surface area contributed by atoms with Crippen LogP contribution < -0.4 is 5.32 Å². The Morgan fingerprint density at radius 2 is 2.16 bits per heavy atom. The van der Waals surface area contributed by atoms with E-state index in [2.05, 4.69) is 31.0 Å². The highest BCUT2D eigenvalue weighted by Gasteiger charge is 2.28. The lowest BCUT2D eigenvalue weighted by Gasteiger charge is -2.41. The van der Waals surface area contributed by atoms with Gasteiger partial charge in [-0.25, -0.2) is 4.39 Å². The molecule has 106 valence electrons. The first-order valence-electron chi connectivity index (χ1n) is 7.20. The molecule has 1 aliphatic rings. The summed E-state index contributed by atoms with van der Waals surface area (Å²) in [5.74, 6) is 0.482. The fourth-order valence-corrected chi connectivity index (χ4v) is 2.90. The fourth-order valence-electron chi connectivity index (χ4n) is 2.90. The van der Waals surface area contributed by atoms with Crippen LogP contribution >= 0.6 is 0 Å². The van der Waals surface area contributed by atoms with Gasteiger partial charge in [-0.1, -0.05) is 19.9 Å². The van der Waals surface area contributed by atoms with Crippen molar-refractivity contribution in [1.29, 1.82) is 0 Å². The van der Waals surface area contributed by atoms with Crippen molar-refractivity contribution in [2.45, 2.75) is 46.3 Å². The number of aryl methyl sites for hydroxylation is 1. The van der Waals surface area contributed by atoms with Gasteiger partial charge in [0.05, 0.1) is 0 Å². The van der Waals surface area contributed by atoms with E-state index in [0.29, 0.717) is 18.0 Å². The molecule has 0 radical (unpaired) electrons. The van der Waals surface area contributed by atoms with Crippen LogP contribution in [0, 0.1) is 18.7 Å². The largest absolute Gasteiger partial charge is 0.311 e. The lowest BCUT2D eigenvalue weighted by Crippen LogP contribution is -2.56. The van der Waals surface area contributed by atoms with Crippen LogP contribution in [0.3, 0.4) is 0 Å². The highest BCUT2D eigenvalue weighted by atomic mass is 19.1. The summed E-state index contributed by atoms with van der Waals surface area (Å²) in [6.07, 6.45) is 0. The van der Waals surface area contributed by atoms with Crippen LogP contribution in [-0.4, -0.2) is 30.1 Å². The first-order chi connectivity index (χ1) is 8.97. The van der Waals surface area contributed by atoms with Crippen molar-refractivity contribution in [2.75, 3.05) is 13.1 Å². The number of nitrogens with one attached hydrogen (secondary N) is 1. The smallest absolute Gasteiger partial charge is 0.123 e. The van der Waals surface area contributed by atoms with Gasteiger partial charge in [-0.15, -0.1) is 0 Å². The van der Waals surface area contributed by atoms with E-state index in [9.17, 15) is 4.39 Å². The van der Waals surface area contributed by atoms with Gasteiger partial charge in [-0.2, -0.15) is 0 Å². The number of nitrogens with zero attached hydrogens (tertiary/aromatic N) is 1. The Labute approximate surface area is 116 Å². The normalized spacial score (nSPS) is 24.9. The number of halogens is 1. The summed E-state index contributed by atoms with van der Waals surface area (Å²) < 4.78 is 13.2. The van der Waals surface area contributed by atoms with E-state index in [1.807, 2.05) is 13.0 Å². The SMILES string of the molecule is Cc1cc(F)ccc1CN1CC(C)NCC1C(C)C. The Hall–Kier alpha value is -0.930. The van der Waals surface area contributed by atoms with E-state index >= 15 is 0 Å². The van der Waals surface area contributed by atoms with Crippen molar-refractivity contribution in [3.05, 3.63) is 35.1 Å². The van der Waals surface area contributed by atoms with Gasteiger partial charge < -0.3 is 5.32 Å². The maximum atomic E-state index is 13.2. The Morgan fingerprint density at radius 1 is 1.42 bits per heavy atom. The molecular weight excluding hydrogens is 239 g/mol. The minimum atomic E-state index is -0.143. The summed E-state index contributed by atoms with van der Waals surface area (Å²) in [4.78, 5) is 2.53. The third-order valence-electron chi connectivity index (χ3n) is 4.10. The second-order valence-electron chi connectivity index (χ2n) is 6.12. The van der Waals surface area contributed by atoms with Gasteiger partial charge >= 0.3 is 0 Å². The molecule has 1 saturated heterocycles. The summed E-state index contributed by atoms with van der Waals surface area (Å²) >= 11 is 0. The van der Waals surface area contributed by atoms with Gasteiger partial charge in [0.25, 0.3) is 0 Å². The molecule has 3 heteroatoms. The molecule has 1 N–H and O–H groups in total. The van der Waals surface area contributed by atoms with Gasteiger partial charge in [0, 0.05) is 31.7 Å². The van der Waals surface area contributed by atoms with Crippen LogP contribution in [-0.2, 0) is 6.54 Å². The van der Waals surface area contributed by atoms with Gasteiger partial charge in [-0.3, -0.25) is 4.90 Å². The van der Waals surface area contributed by atoms with E-state index in [0.717, 1.165) is 25.2 Å². The van der Waals surface area contributed by atoms with Crippen molar-refractivity contribution in [2.24, 2.45) is 5.92 Å². The molecule has 0 aromatic heterocycles. The standard InChI is InChI=1S/C16H25FN2/c1-11(2)16-8-18-13(4)9-19(16)10-14-5-6-15(17)7-12(14)3/h5-7,11,13,16,18H,8-10H2,1-4H3. The van der Waals surface area contributed by atoms with Crippen LogP contribution in [0.4, 0.5) is 4.39 Å². The molecular formula is C16H25FN2. The zero-order valence-corrected chi connectivity index (χ0v) is 12.4. The lowest BCUT2D eigenvalue weighted by molar-refractivity contribution is 0.0954. The number of hydrogen-bond acceptors (Lipinski definition) is 2. The number of hydrogen-bond donors (Lipinski definition) is 1. The van der Waals surface area contributed by atoms with Crippen LogP contribution in [0.1, 0.15) is 31.9 Å². The topological polar surface area (TPSA) is 15.3 Å².